The van der Waals surface area contributed by atoms with Gasteiger partial charge in [0.25, 0.3) is 0 Å². The Morgan fingerprint density at radius 3 is 2.67 bits per heavy atom. The summed E-state index contributed by atoms with van der Waals surface area (Å²) in [4.78, 5) is 11.0. The zero-order valence-corrected chi connectivity index (χ0v) is 8.03. The molecule has 0 saturated heterocycles. The summed E-state index contributed by atoms with van der Waals surface area (Å²) in [5.41, 5.74) is 6.31. The minimum Gasteiger partial charge on any atom is -0.478 e. The van der Waals surface area contributed by atoms with E-state index in [-0.39, 0.29) is 12.4 Å². The normalized spacial score (nSPS) is 12.9. The van der Waals surface area contributed by atoms with E-state index in [9.17, 15) is 4.79 Å². The van der Waals surface area contributed by atoms with Gasteiger partial charge in [-0.05, 0) is 30.7 Å². The van der Waals surface area contributed by atoms with Gasteiger partial charge in [0.05, 0.1) is 5.56 Å². The molecule has 5 heteroatoms. The molecular weight excluding hydrogens is 198 g/mol. The largest absolute Gasteiger partial charge is 0.478 e. The van der Waals surface area contributed by atoms with Crippen molar-refractivity contribution in [3.05, 3.63) is 23.3 Å². The highest BCUT2D eigenvalue weighted by Gasteiger charge is 2.19. The first kappa shape index (κ1) is 9.79. The fourth-order valence-corrected chi connectivity index (χ4v) is 1.55. The molecule has 5 nitrogen and oxygen atoms in total. The van der Waals surface area contributed by atoms with Gasteiger partial charge in [-0.25, -0.2) is 4.79 Å². The first-order valence-corrected chi connectivity index (χ1v) is 4.58. The van der Waals surface area contributed by atoms with Crippen LogP contribution in [0, 0.1) is 0 Å². The van der Waals surface area contributed by atoms with Gasteiger partial charge in [-0.3, -0.25) is 0 Å². The second-order valence-electron chi connectivity index (χ2n) is 3.21. The molecule has 3 N–H and O–H groups in total. The summed E-state index contributed by atoms with van der Waals surface area (Å²) in [5, 5.41) is 8.99. The van der Waals surface area contributed by atoms with Crippen molar-refractivity contribution in [1.29, 1.82) is 0 Å². The molecule has 1 aliphatic rings. The lowest BCUT2D eigenvalue weighted by Crippen LogP contribution is -2.08. The lowest BCUT2D eigenvalue weighted by Gasteiger charge is -2.06. The Kier molecular flexibility index (Phi) is 2.47. The zero-order chi connectivity index (χ0) is 10.8. The van der Waals surface area contributed by atoms with Crippen LogP contribution >= 0.6 is 0 Å². The summed E-state index contributed by atoms with van der Waals surface area (Å²) in [6.07, 6.45) is 0.512. The SMILES string of the molecule is NCCc1cc2c(cc1C(=O)O)OCO2. The Bertz CT molecular complexity index is 403. The third kappa shape index (κ3) is 1.73. The summed E-state index contributed by atoms with van der Waals surface area (Å²) >= 11 is 0. The Balaban J connectivity index is 2.47. The molecule has 80 valence electrons. The summed E-state index contributed by atoms with van der Waals surface area (Å²) in [6, 6.07) is 3.16. The summed E-state index contributed by atoms with van der Waals surface area (Å²) in [7, 11) is 0. The molecule has 2 rings (SSSR count). The standard InChI is InChI=1S/C10H11NO4/c11-2-1-6-3-8-9(15-5-14-8)4-7(6)10(12)13/h3-4H,1-2,5,11H2,(H,12,13). The Labute approximate surface area is 86.4 Å². The van der Waals surface area contributed by atoms with E-state index in [0.29, 0.717) is 30.0 Å². The highest BCUT2D eigenvalue weighted by Crippen LogP contribution is 2.34. The van der Waals surface area contributed by atoms with Crippen molar-refractivity contribution < 1.29 is 19.4 Å². The number of carboxylic acids is 1. The van der Waals surface area contributed by atoms with Crippen LogP contribution in [0.25, 0.3) is 0 Å². The Morgan fingerprint density at radius 1 is 1.40 bits per heavy atom. The first-order chi connectivity index (χ1) is 7.22. The van der Waals surface area contributed by atoms with Crippen LogP contribution in [0.3, 0.4) is 0 Å². The van der Waals surface area contributed by atoms with Gasteiger partial charge in [0.1, 0.15) is 0 Å². The van der Waals surface area contributed by atoms with Crippen molar-refractivity contribution >= 4 is 5.97 Å². The molecule has 0 unspecified atom stereocenters. The van der Waals surface area contributed by atoms with Crippen molar-refractivity contribution in [3.8, 4) is 11.5 Å². The lowest BCUT2D eigenvalue weighted by atomic mass is 10.0. The number of nitrogens with two attached hydrogens (primary N) is 1. The van der Waals surface area contributed by atoms with Crippen LogP contribution in [0.4, 0.5) is 0 Å². The van der Waals surface area contributed by atoms with Crippen molar-refractivity contribution in [2.24, 2.45) is 5.73 Å². The molecule has 1 aliphatic heterocycles. The minimum atomic E-state index is -0.975. The van der Waals surface area contributed by atoms with Crippen LogP contribution in [-0.2, 0) is 6.42 Å². The number of hydrogen-bond donors (Lipinski definition) is 2. The maximum absolute atomic E-state index is 11.0. The molecule has 0 spiro atoms. The quantitative estimate of drug-likeness (QED) is 0.762. The zero-order valence-electron chi connectivity index (χ0n) is 8.03. The highest BCUT2D eigenvalue weighted by molar-refractivity contribution is 5.90. The Hall–Kier alpha value is -1.75. The lowest BCUT2D eigenvalue weighted by molar-refractivity contribution is 0.0695. The van der Waals surface area contributed by atoms with E-state index < -0.39 is 5.97 Å². The van der Waals surface area contributed by atoms with Gasteiger partial charge in [0.15, 0.2) is 11.5 Å². The van der Waals surface area contributed by atoms with Gasteiger partial charge in [-0.1, -0.05) is 0 Å². The maximum Gasteiger partial charge on any atom is 0.336 e. The molecule has 0 fully saturated rings. The third-order valence-electron chi connectivity index (χ3n) is 2.24. The van der Waals surface area contributed by atoms with Crippen LogP contribution in [0.1, 0.15) is 15.9 Å². The van der Waals surface area contributed by atoms with E-state index in [1.54, 1.807) is 6.07 Å². The molecule has 1 aromatic rings. The van der Waals surface area contributed by atoms with E-state index in [1.165, 1.54) is 6.07 Å². The van der Waals surface area contributed by atoms with Crippen LogP contribution in [-0.4, -0.2) is 24.4 Å². The number of aromatic carboxylic acids is 1. The number of carboxylic acid groups (broad SMARTS) is 1. The van der Waals surface area contributed by atoms with E-state index >= 15 is 0 Å². The van der Waals surface area contributed by atoms with Crippen molar-refractivity contribution in [3.63, 3.8) is 0 Å². The topological polar surface area (TPSA) is 81.8 Å². The molecule has 1 aromatic carbocycles. The van der Waals surface area contributed by atoms with Crippen molar-refractivity contribution in [2.75, 3.05) is 13.3 Å². The molecular formula is C10H11NO4. The molecule has 15 heavy (non-hydrogen) atoms. The first-order valence-electron chi connectivity index (χ1n) is 4.58. The number of hydrogen-bond acceptors (Lipinski definition) is 4. The van der Waals surface area contributed by atoms with E-state index in [4.69, 9.17) is 20.3 Å². The predicted octanol–water partition coefficient (Wildman–Crippen LogP) is 0.615. The molecule has 0 aromatic heterocycles. The summed E-state index contributed by atoms with van der Waals surface area (Å²) in [6.45, 7) is 0.542. The van der Waals surface area contributed by atoms with Crippen molar-refractivity contribution in [1.82, 2.24) is 0 Å². The third-order valence-corrected chi connectivity index (χ3v) is 2.24. The highest BCUT2D eigenvalue weighted by atomic mass is 16.7. The van der Waals surface area contributed by atoms with Gasteiger partial charge >= 0.3 is 5.97 Å². The molecule has 0 atom stereocenters. The number of benzene rings is 1. The fraction of sp³-hybridized carbons (Fsp3) is 0.300. The van der Waals surface area contributed by atoms with E-state index in [0.717, 1.165) is 0 Å². The second kappa shape index (κ2) is 3.78. The number of fused-ring (bicyclic) bond motifs is 1. The van der Waals surface area contributed by atoms with Gasteiger partial charge in [-0.2, -0.15) is 0 Å². The van der Waals surface area contributed by atoms with E-state index in [2.05, 4.69) is 0 Å². The average Bonchev–Trinajstić information content (AvgIpc) is 2.63. The molecule has 0 bridgehead atoms. The van der Waals surface area contributed by atoms with E-state index in [1.807, 2.05) is 0 Å². The predicted molar refractivity (Wildman–Crippen MR) is 52.3 cm³/mol. The maximum atomic E-state index is 11.0. The van der Waals surface area contributed by atoms with Gasteiger partial charge in [0.2, 0.25) is 6.79 Å². The number of rotatable bonds is 3. The molecule has 0 radical (unpaired) electrons. The second-order valence-corrected chi connectivity index (χ2v) is 3.21. The molecule has 0 saturated carbocycles. The van der Waals surface area contributed by atoms with Gasteiger partial charge in [-0.15, -0.1) is 0 Å². The van der Waals surface area contributed by atoms with Crippen LogP contribution in [0.15, 0.2) is 12.1 Å². The fourth-order valence-electron chi connectivity index (χ4n) is 1.55. The van der Waals surface area contributed by atoms with Crippen LogP contribution < -0.4 is 15.2 Å². The number of ether oxygens (including phenoxy) is 2. The Morgan fingerprint density at radius 2 is 2.07 bits per heavy atom. The minimum absolute atomic E-state index is 0.139. The van der Waals surface area contributed by atoms with Crippen molar-refractivity contribution in [2.45, 2.75) is 6.42 Å². The number of carbonyl (C=O) groups is 1. The van der Waals surface area contributed by atoms with Gasteiger partial charge < -0.3 is 20.3 Å². The smallest absolute Gasteiger partial charge is 0.336 e. The van der Waals surface area contributed by atoms with Crippen LogP contribution in [0.5, 0.6) is 11.5 Å². The molecule has 1 heterocycles. The summed E-state index contributed by atoms with van der Waals surface area (Å²) < 4.78 is 10.3. The summed E-state index contributed by atoms with van der Waals surface area (Å²) in [5.74, 6) is 0.0911. The van der Waals surface area contributed by atoms with Gasteiger partial charge in [0, 0.05) is 0 Å². The average molecular weight is 209 g/mol. The monoisotopic (exact) mass is 209 g/mol. The molecule has 0 amide bonds. The van der Waals surface area contributed by atoms with Crippen LogP contribution in [0.2, 0.25) is 0 Å². The molecule has 0 aliphatic carbocycles.